The van der Waals surface area contributed by atoms with Gasteiger partial charge in [0, 0.05) is 17.5 Å². The molecule has 0 radical (unpaired) electrons. The van der Waals surface area contributed by atoms with E-state index in [4.69, 9.17) is 4.74 Å². The minimum absolute atomic E-state index is 0.908. The monoisotopic (exact) mass is 227 g/mol. The minimum Gasteiger partial charge on any atom is -0.497 e. The molecule has 0 unspecified atom stereocenters. The molecule has 0 spiro atoms. The van der Waals surface area contributed by atoms with E-state index in [-0.39, 0.29) is 0 Å². The van der Waals surface area contributed by atoms with Gasteiger partial charge in [-0.25, -0.2) is 0 Å². The fourth-order valence-corrected chi connectivity index (χ4v) is 2.21. The van der Waals surface area contributed by atoms with E-state index >= 15 is 0 Å². The molecule has 0 saturated heterocycles. The van der Waals surface area contributed by atoms with Crippen molar-refractivity contribution in [1.82, 2.24) is 4.98 Å². The van der Waals surface area contributed by atoms with Gasteiger partial charge in [-0.05, 0) is 55.7 Å². The Balaban J connectivity index is 2.64. The molecule has 0 aliphatic rings. The number of nitrogens with zero attached hydrogens (tertiary/aromatic N) is 1. The van der Waals surface area contributed by atoms with E-state index in [9.17, 15) is 0 Å². The average molecular weight is 227 g/mol. The molecule has 0 fully saturated rings. The highest BCUT2D eigenvalue weighted by Crippen LogP contribution is 2.31. The molecule has 0 amide bonds. The Kier molecular flexibility index (Phi) is 3.14. The number of benzene rings is 1. The van der Waals surface area contributed by atoms with Crippen LogP contribution in [-0.4, -0.2) is 12.1 Å². The minimum atomic E-state index is 0.908. The third kappa shape index (κ3) is 2.16. The zero-order valence-electron chi connectivity index (χ0n) is 10.7. The van der Waals surface area contributed by atoms with Crippen LogP contribution in [0.4, 0.5) is 0 Å². The largest absolute Gasteiger partial charge is 0.497 e. The highest BCUT2D eigenvalue weighted by atomic mass is 16.5. The average Bonchev–Trinajstić information content (AvgIpc) is 2.30. The van der Waals surface area contributed by atoms with Crippen LogP contribution in [0.1, 0.15) is 16.8 Å². The van der Waals surface area contributed by atoms with Crippen LogP contribution in [0.25, 0.3) is 11.1 Å². The van der Waals surface area contributed by atoms with E-state index in [0.29, 0.717) is 0 Å². The number of pyridine rings is 1. The first kappa shape index (κ1) is 11.6. The molecule has 0 bridgehead atoms. The summed E-state index contributed by atoms with van der Waals surface area (Å²) in [4.78, 5) is 4.35. The molecule has 2 nitrogen and oxygen atoms in total. The summed E-state index contributed by atoms with van der Waals surface area (Å²) in [5, 5.41) is 0. The van der Waals surface area contributed by atoms with Gasteiger partial charge in [-0.3, -0.25) is 4.98 Å². The van der Waals surface area contributed by atoms with Gasteiger partial charge < -0.3 is 4.74 Å². The molecule has 88 valence electrons. The molecule has 0 aliphatic carbocycles. The van der Waals surface area contributed by atoms with Crippen LogP contribution in [-0.2, 0) is 0 Å². The summed E-state index contributed by atoms with van der Waals surface area (Å²) in [5.74, 6) is 0.908. The van der Waals surface area contributed by atoms with Gasteiger partial charge in [-0.2, -0.15) is 0 Å². The lowest BCUT2D eigenvalue weighted by molar-refractivity contribution is 0.414. The van der Waals surface area contributed by atoms with Gasteiger partial charge >= 0.3 is 0 Å². The molecule has 2 aromatic rings. The van der Waals surface area contributed by atoms with Crippen molar-refractivity contribution in [1.29, 1.82) is 0 Å². The number of ether oxygens (including phenoxy) is 1. The van der Waals surface area contributed by atoms with Gasteiger partial charge in [0.1, 0.15) is 5.75 Å². The molecule has 0 N–H and O–H groups in total. The molecule has 17 heavy (non-hydrogen) atoms. The fourth-order valence-electron chi connectivity index (χ4n) is 2.21. The molecule has 1 aromatic carbocycles. The molecule has 2 heteroatoms. The Labute approximate surface area is 102 Å². The van der Waals surface area contributed by atoms with Crippen LogP contribution >= 0.6 is 0 Å². The van der Waals surface area contributed by atoms with Gasteiger partial charge in [0.15, 0.2) is 0 Å². The smallest absolute Gasteiger partial charge is 0.119 e. The molecule has 1 aromatic heterocycles. The quantitative estimate of drug-likeness (QED) is 0.780. The zero-order chi connectivity index (χ0) is 12.4. The van der Waals surface area contributed by atoms with E-state index in [0.717, 1.165) is 11.4 Å². The van der Waals surface area contributed by atoms with Crippen molar-refractivity contribution < 1.29 is 4.74 Å². The zero-order valence-corrected chi connectivity index (χ0v) is 10.7. The lowest BCUT2D eigenvalue weighted by Gasteiger charge is -2.13. The standard InChI is InChI=1S/C15H17NO/c1-10-8-13(17-4)9-11(2)15(10)14-6-5-7-16-12(14)3/h5-9H,1-4H3. The maximum absolute atomic E-state index is 5.28. The highest BCUT2D eigenvalue weighted by Gasteiger charge is 2.10. The van der Waals surface area contributed by atoms with Crippen molar-refractivity contribution in [3.05, 3.63) is 47.3 Å². The molecule has 1 heterocycles. The van der Waals surface area contributed by atoms with Crippen molar-refractivity contribution in [2.24, 2.45) is 0 Å². The van der Waals surface area contributed by atoms with Gasteiger partial charge in [0.25, 0.3) is 0 Å². The van der Waals surface area contributed by atoms with Gasteiger partial charge in [0.05, 0.1) is 7.11 Å². The van der Waals surface area contributed by atoms with Gasteiger partial charge in [-0.1, -0.05) is 6.07 Å². The van der Waals surface area contributed by atoms with Crippen molar-refractivity contribution in [3.63, 3.8) is 0 Å². The second-order valence-electron chi connectivity index (χ2n) is 4.27. The first-order chi connectivity index (χ1) is 8.13. The maximum atomic E-state index is 5.28. The van der Waals surface area contributed by atoms with E-state index in [2.05, 4.69) is 37.0 Å². The van der Waals surface area contributed by atoms with E-state index in [1.807, 2.05) is 19.2 Å². The number of hydrogen-bond acceptors (Lipinski definition) is 2. The number of rotatable bonds is 2. The molecule has 2 rings (SSSR count). The van der Waals surface area contributed by atoms with Crippen LogP contribution in [0.15, 0.2) is 30.5 Å². The maximum Gasteiger partial charge on any atom is 0.119 e. The predicted octanol–water partition coefficient (Wildman–Crippen LogP) is 3.68. The van der Waals surface area contributed by atoms with E-state index in [1.165, 1.54) is 22.3 Å². The number of methoxy groups -OCH3 is 1. The Hall–Kier alpha value is -1.83. The topological polar surface area (TPSA) is 22.1 Å². The van der Waals surface area contributed by atoms with Crippen LogP contribution in [0.5, 0.6) is 5.75 Å². The number of aromatic nitrogens is 1. The summed E-state index contributed by atoms with van der Waals surface area (Å²) in [6, 6.07) is 8.22. The molecule has 0 saturated carbocycles. The van der Waals surface area contributed by atoms with Gasteiger partial charge in [-0.15, -0.1) is 0 Å². The number of hydrogen-bond donors (Lipinski definition) is 0. The Morgan fingerprint density at radius 3 is 2.24 bits per heavy atom. The normalized spacial score (nSPS) is 10.4. The molecular weight excluding hydrogens is 210 g/mol. The van der Waals surface area contributed by atoms with Crippen LogP contribution < -0.4 is 4.74 Å². The van der Waals surface area contributed by atoms with Crippen molar-refractivity contribution >= 4 is 0 Å². The fraction of sp³-hybridized carbons (Fsp3) is 0.267. The van der Waals surface area contributed by atoms with Crippen molar-refractivity contribution in [2.75, 3.05) is 7.11 Å². The summed E-state index contributed by atoms with van der Waals surface area (Å²) >= 11 is 0. The van der Waals surface area contributed by atoms with Gasteiger partial charge in [0.2, 0.25) is 0 Å². The molecule has 0 aliphatic heterocycles. The Morgan fingerprint density at radius 2 is 1.71 bits per heavy atom. The second kappa shape index (κ2) is 4.58. The second-order valence-corrected chi connectivity index (χ2v) is 4.27. The Morgan fingerprint density at radius 1 is 1.06 bits per heavy atom. The predicted molar refractivity (Wildman–Crippen MR) is 70.4 cm³/mol. The molecular formula is C15H17NO. The van der Waals surface area contributed by atoms with E-state index in [1.54, 1.807) is 7.11 Å². The van der Waals surface area contributed by atoms with Crippen LogP contribution in [0.3, 0.4) is 0 Å². The Bertz CT molecular complexity index is 523. The summed E-state index contributed by atoms with van der Waals surface area (Å²) in [6.45, 7) is 6.26. The lowest BCUT2D eigenvalue weighted by Crippen LogP contribution is -1.94. The van der Waals surface area contributed by atoms with E-state index < -0.39 is 0 Å². The lowest BCUT2D eigenvalue weighted by atomic mass is 9.94. The number of aryl methyl sites for hydroxylation is 3. The first-order valence-corrected chi connectivity index (χ1v) is 5.70. The third-order valence-corrected chi connectivity index (χ3v) is 3.02. The van der Waals surface area contributed by atoms with Crippen LogP contribution in [0.2, 0.25) is 0 Å². The SMILES string of the molecule is COc1cc(C)c(-c2cccnc2C)c(C)c1. The first-order valence-electron chi connectivity index (χ1n) is 5.70. The van der Waals surface area contributed by atoms with Crippen molar-refractivity contribution in [2.45, 2.75) is 20.8 Å². The summed E-state index contributed by atoms with van der Waals surface area (Å²) < 4.78 is 5.28. The molecule has 0 atom stereocenters. The van der Waals surface area contributed by atoms with Crippen molar-refractivity contribution in [3.8, 4) is 16.9 Å². The summed E-state index contributed by atoms with van der Waals surface area (Å²) in [6.07, 6.45) is 1.83. The highest BCUT2D eigenvalue weighted by molar-refractivity contribution is 5.73. The summed E-state index contributed by atoms with van der Waals surface area (Å²) in [7, 11) is 1.70. The van der Waals surface area contributed by atoms with Crippen LogP contribution in [0, 0.1) is 20.8 Å². The third-order valence-electron chi connectivity index (χ3n) is 3.02. The summed E-state index contributed by atoms with van der Waals surface area (Å²) in [5.41, 5.74) is 5.96.